The average molecular weight is 321 g/mol. The molecule has 6 heteroatoms. The lowest BCUT2D eigenvalue weighted by Gasteiger charge is -2.25. The van der Waals surface area contributed by atoms with Gasteiger partial charge in [-0.1, -0.05) is 40.9 Å². The normalized spacial score (nSPS) is 14.2. The smallest absolute Gasteiger partial charge is 0.142 e. The van der Waals surface area contributed by atoms with Crippen LogP contribution in [0.15, 0.2) is 30.3 Å². The van der Waals surface area contributed by atoms with E-state index >= 15 is 0 Å². The first-order valence-corrected chi connectivity index (χ1v) is 6.45. The standard InChI is InChI=1S/C13H9Cl3FNO/c1-13(19,7-2-3-9(14)10(17)4-7)8-5-11(15)18-12(16)6-8/h2-6,19H,1H3. The zero-order valence-electron chi connectivity index (χ0n) is 9.79. The van der Waals surface area contributed by atoms with Gasteiger partial charge in [-0.05, 0) is 42.3 Å². The van der Waals surface area contributed by atoms with Crippen molar-refractivity contribution in [1.29, 1.82) is 0 Å². The Bertz CT molecular complexity index is 611. The van der Waals surface area contributed by atoms with E-state index in [-0.39, 0.29) is 15.3 Å². The largest absolute Gasteiger partial charge is 0.381 e. The minimum atomic E-state index is -1.46. The van der Waals surface area contributed by atoms with Crippen LogP contribution in [0.2, 0.25) is 15.3 Å². The molecule has 0 bridgehead atoms. The van der Waals surface area contributed by atoms with Crippen LogP contribution in [0.1, 0.15) is 18.1 Å². The lowest BCUT2D eigenvalue weighted by Crippen LogP contribution is -2.23. The molecule has 0 saturated carbocycles. The molecule has 0 aliphatic rings. The van der Waals surface area contributed by atoms with Gasteiger partial charge in [0.15, 0.2) is 0 Å². The van der Waals surface area contributed by atoms with Gasteiger partial charge in [-0.15, -0.1) is 0 Å². The number of nitrogens with zero attached hydrogens (tertiary/aromatic N) is 1. The summed E-state index contributed by atoms with van der Waals surface area (Å²) in [6.07, 6.45) is 0. The summed E-state index contributed by atoms with van der Waals surface area (Å²) >= 11 is 17.2. The third kappa shape index (κ3) is 3.00. The summed E-state index contributed by atoms with van der Waals surface area (Å²) in [4.78, 5) is 3.80. The molecule has 0 spiro atoms. The second-order valence-electron chi connectivity index (χ2n) is 4.20. The summed E-state index contributed by atoms with van der Waals surface area (Å²) in [6, 6.07) is 7.03. The number of rotatable bonds is 2. The van der Waals surface area contributed by atoms with E-state index in [0.717, 1.165) is 0 Å². The predicted molar refractivity (Wildman–Crippen MR) is 74.3 cm³/mol. The van der Waals surface area contributed by atoms with E-state index in [2.05, 4.69) is 4.98 Å². The minimum absolute atomic E-state index is 0.00894. The maximum absolute atomic E-state index is 13.5. The summed E-state index contributed by atoms with van der Waals surface area (Å²) < 4.78 is 13.5. The second-order valence-corrected chi connectivity index (χ2v) is 5.38. The molecule has 1 aromatic heterocycles. The third-order valence-corrected chi connectivity index (χ3v) is 3.50. The highest BCUT2D eigenvalue weighted by atomic mass is 35.5. The van der Waals surface area contributed by atoms with Crippen LogP contribution in [-0.2, 0) is 5.60 Å². The van der Waals surface area contributed by atoms with Gasteiger partial charge in [-0.2, -0.15) is 0 Å². The number of aliphatic hydroxyl groups is 1. The van der Waals surface area contributed by atoms with E-state index in [1.165, 1.54) is 37.3 Å². The van der Waals surface area contributed by atoms with E-state index in [4.69, 9.17) is 34.8 Å². The molecule has 1 N–H and O–H groups in total. The highest BCUT2D eigenvalue weighted by molar-refractivity contribution is 6.32. The van der Waals surface area contributed by atoms with Crippen molar-refractivity contribution in [3.63, 3.8) is 0 Å². The molecule has 1 unspecified atom stereocenters. The fourth-order valence-corrected chi connectivity index (χ4v) is 2.29. The van der Waals surface area contributed by atoms with Gasteiger partial charge in [0.1, 0.15) is 21.7 Å². The van der Waals surface area contributed by atoms with E-state index in [1.54, 1.807) is 0 Å². The van der Waals surface area contributed by atoms with E-state index in [1.807, 2.05) is 0 Å². The molecule has 2 rings (SSSR count). The zero-order valence-corrected chi connectivity index (χ0v) is 12.1. The molecule has 2 nitrogen and oxygen atoms in total. The molecule has 0 fully saturated rings. The Hall–Kier alpha value is -0.870. The van der Waals surface area contributed by atoms with E-state index in [0.29, 0.717) is 11.1 Å². The number of hydrogen-bond acceptors (Lipinski definition) is 2. The fraction of sp³-hybridized carbons (Fsp3) is 0.154. The van der Waals surface area contributed by atoms with Crippen LogP contribution in [0.25, 0.3) is 0 Å². The fourth-order valence-electron chi connectivity index (χ4n) is 1.71. The number of aromatic nitrogens is 1. The van der Waals surface area contributed by atoms with Gasteiger partial charge in [-0.3, -0.25) is 0 Å². The number of pyridine rings is 1. The molecule has 0 aliphatic carbocycles. The van der Waals surface area contributed by atoms with Gasteiger partial charge in [-0.25, -0.2) is 9.37 Å². The third-order valence-electron chi connectivity index (χ3n) is 2.81. The SMILES string of the molecule is CC(O)(c1cc(Cl)nc(Cl)c1)c1ccc(Cl)c(F)c1. The van der Waals surface area contributed by atoms with Crippen molar-refractivity contribution in [2.75, 3.05) is 0 Å². The highest BCUT2D eigenvalue weighted by Gasteiger charge is 2.27. The van der Waals surface area contributed by atoms with Crippen LogP contribution >= 0.6 is 34.8 Å². The predicted octanol–water partition coefficient (Wildman–Crippen LogP) is 4.44. The van der Waals surface area contributed by atoms with E-state index in [9.17, 15) is 9.50 Å². The monoisotopic (exact) mass is 319 g/mol. The van der Waals surface area contributed by atoms with Crippen molar-refractivity contribution in [1.82, 2.24) is 4.98 Å². The van der Waals surface area contributed by atoms with Crippen molar-refractivity contribution in [2.45, 2.75) is 12.5 Å². The molecule has 2 aromatic rings. The summed E-state index contributed by atoms with van der Waals surface area (Å²) in [6.45, 7) is 1.51. The topological polar surface area (TPSA) is 33.1 Å². The summed E-state index contributed by atoms with van der Waals surface area (Å²) in [5.74, 6) is -0.606. The summed E-state index contributed by atoms with van der Waals surface area (Å²) in [5, 5.41) is 10.9. The van der Waals surface area contributed by atoms with Crippen molar-refractivity contribution in [2.24, 2.45) is 0 Å². The summed E-state index contributed by atoms with van der Waals surface area (Å²) in [7, 11) is 0. The van der Waals surface area contributed by atoms with Gasteiger partial charge < -0.3 is 5.11 Å². The second kappa shape index (κ2) is 5.25. The minimum Gasteiger partial charge on any atom is -0.381 e. The molecule has 0 amide bonds. The first kappa shape index (κ1) is 14.5. The average Bonchev–Trinajstić information content (AvgIpc) is 2.31. The molecule has 1 heterocycles. The van der Waals surface area contributed by atoms with Crippen LogP contribution in [0, 0.1) is 5.82 Å². The number of halogens is 4. The molecular weight excluding hydrogens is 312 g/mol. The van der Waals surface area contributed by atoms with Crippen LogP contribution in [0.5, 0.6) is 0 Å². The van der Waals surface area contributed by atoms with Crippen LogP contribution in [0.4, 0.5) is 4.39 Å². The molecular formula is C13H9Cl3FNO. The molecule has 1 aromatic carbocycles. The highest BCUT2D eigenvalue weighted by Crippen LogP contribution is 2.33. The van der Waals surface area contributed by atoms with Crippen molar-refractivity contribution in [3.05, 3.63) is 62.6 Å². The molecule has 100 valence electrons. The maximum Gasteiger partial charge on any atom is 0.142 e. The van der Waals surface area contributed by atoms with Crippen molar-refractivity contribution in [3.8, 4) is 0 Å². The maximum atomic E-state index is 13.5. The van der Waals surface area contributed by atoms with E-state index < -0.39 is 11.4 Å². The number of benzene rings is 1. The first-order valence-electron chi connectivity index (χ1n) is 5.32. The lowest BCUT2D eigenvalue weighted by atomic mass is 9.89. The van der Waals surface area contributed by atoms with Gasteiger partial charge in [0.2, 0.25) is 0 Å². The lowest BCUT2D eigenvalue weighted by molar-refractivity contribution is 0.102. The number of hydrogen-bond donors (Lipinski definition) is 1. The Balaban J connectivity index is 2.54. The molecule has 0 aliphatic heterocycles. The van der Waals surface area contributed by atoms with Gasteiger partial charge >= 0.3 is 0 Å². The molecule has 0 radical (unpaired) electrons. The molecule has 0 saturated heterocycles. The first-order chi connectivity index (χ1) is 8.80. The van der Waals surface area contributed by atoms with Gasteiger partial charge in [0, 0.05) is 0 Å². The van der Waals surface area contributed by atoms with Gasteiger partial charge in [0.25, 0.3) is 0 Å². The Labute approximate surface area is 124 Å². The Morgan fingerprint density at radius 3 is 2.16 bits per heavy atom. The Kier molecular flexibility index (Phi) is 4.02. The van der Waals surface area contributed by atoms with Crippen molar-refractivity contribution >= 4 is 34.8 Å². The molecule has 19 heavy (non-hydrogen) atoms. The summed E-state index contributed by atoms with van der Waals surface area (Å²) in [5.41, 5.74) is -0.700. The van der Waals surface area contributed by atoms with Crippen LogP contribution in [0.3, 0.4) is 0 Å². The van der Waals surface area contributed by atoms with Crippen LogP contribution < -0.4 is 0 Å². The van der Waals surface area contributed by atoms with Crippen molar-refractivity contribution < 1.29 is 9.50 Å². The molecule has 1 atom stereocenters. The Morgan fingerprint density at radius 1 is 1.05 bits per heavy atom. The zero-order chi connectivity index (χ0) is 14.2. The Morgan fingerprint density at radius 2 is 1.63 bits per heavy atom. The quantitative estimate of drug-likeness (QED) is 0.830. The van der Waals surface area contributed by atoms with Gasteiger partial charge in [0.05, 0.1) is 5.02 Å². The van der Waals surface area contributed by atoms with Crippen LogP contribution in [-0.4, -0.2) is 10.1 Å².